The number of hydrogen-bond donors (Lipinski definition) is 0. The minimum absolute atomic E-state index is 0.153. The third kappa shape index (κ3) is 5.71. The number of esters is 1. The monoisotopic (exact) mass is 250 g/mol. The minimum atomic E-state index is -0.153. The summed E-state index contributed by atoms with van der Waals surface area (Å²) in [5.41, 5.74) is 1.33. The molecule has 3 nitrogen and oxygen atoms in total. The first-order valence-corrected chi connectivity index (χ1v) is 6.63. The normalized spacial score (nSPS) is 10.1. The number of rotatable bonds is 8. The van der Waals surface area contributed by atoms with Crippen LogP contribution >= 0.6 is 0 Å². The van der Waals surface area contributed by atoms with Crippen LogP contribution in [0.3, 0.4) is 0 Å². The molecule has 0 saturated heterocycles. The first-order chi connectivity index (χ1) is 8.76. The molecular formula is C15H22O3. The second kappa shape index (κ2) is 8.56. The third-order valence-corrected chi connectivity index (χ3v) is 2.56. The molecule has 0 heterocycles. The third-order valence-electron chi connectivity index (χ3n) is 2.56. The summed E-state index contributed by atoms with van der Waals surface area (Å²) in [6.45, 7) is 4.97. The number of aryl methyl sites for hydroxylation is 1. The number of hydrogen-bond acceptors (Lipinski definition) is 3. The van der Waals surface area contributed by atoms with Crippen LogP contribution < -0.4 is 4.74 Å². The van der Waals surface area contributed by atoms with Gasteiger partial charge in [0.05, 0.1) is 13.2 Å². The molecule has 100 valence electrons. The molecule has 0 fully saturated rings. The quantitative estimate of drug-likeness (QED) is 0.524. The first kappa shape index (κ1) is 14.6. The van der Waals surface area contributed by atoms with E-state index in [0.29, 0.717) is 26.1 Å². The molecule has 0 saturated carbocycles. The molecule has 0 aliphatic carbocycles. The lowest BCUT2D eigenvalue weighted by Crippen LogP contribution is -2.06. The van der Waals surface area contributed by atoms with Gasteiger partial charge in [-0.05, 0) is 37.5 Å². The second-order valence-electron chi connectivity index (χ2n) is 4.15. The molecule has 0 N–H and O–H groups in total. The van der Waals surface area contributed by atoms with Crippen LogP contribution in [0.4, 0.5) is 0 Å². The predicted octanol–water partition coefficient (Wildman–Crippen LogP) is 3.36. The van der Waals surface area contributed by atoms with Crippen LogP contribution in [-0.2, 0) is 16.0 Å². The van der Waals surface area contributed by atoms with E-state index in [1.165, 1.54) is 5.56 Å². The lowest BCUT2D eigenvalue weighted by atomic mass is 10.1. The van der Waals surface area contributed by atoms with Gasteiger partial charge in [0, 0.05) is 6.42 Å². The highest BCUT2D eigenvalue weighted by Gasteiger charge is 2.01. The maximum atomic E-state index is 11.1. The number of benzene rings is 1. The summed E-state index contributed by atoms with van der Waals surface area (Å²) in [5.74, 6) is 0.707. The maximum Gasteiger partial charge on any atom is 0.305 e. The molecule has 3 heteroatoms. The Hall–Kier alpha value is -1.51. The van der Waals surface area contributed by atoms with Gasteiger partial charge >= 0.3 is 5.97 Å². The summed E-state index contributed by atoms with van der Waals surface area (Å²) in [4.78, 5) is 11.1. The number of carbonyl (C=O) groups is 1. The molecule has 0 spiro atoms. The van der Waals surface area contributed by atoms with Crippen LogP contribution in [0.2, 0.25) is 0 Å². The van der Waals surface area contributed by atoms with Crippen LogP contribution in [0.1, 0.15) is 38.7 Å². The van der Waals surface area contributed by atoms with E-state index in [9.17, 15) is 4.79 Å². The standard InChI is InChI=1S/C15H22O3/c1-3-6-13-8-10-14(11-9-13)18-12-5-7-15(16)17-4-2/h8-11H,3-7,12H2,1-2H3. The number of carbonyl (C=O) groups excluding carboxylic acids is 1. The topological polar surface area (TPSA) is 35.5 Å². The molecule has 0 atom stereocenters. The number of ether oxygens (including phenoxy) is 2. The fraction of sp³-hybridized carbons (Fsp3) is 0.533. The molecule has 0 aliphatic heterocycles. The summed E-state index contributed by atoms with van der Waals surface area (Å²) < 4.78 is 10.4. The van der Waals surface area contributed by atoms with E-state index < -0.39 is 0 Å². The van der Waals surface area contributed by atoms with Crippen molar-refractivity contribution in [3.63, 3.8) is 0 Å². The van der Waals surface area contributed by atoms with Crippen molar-refractivity contribution in [1.29, 1.82) is 0 Å². The van der Waals surface area contributed by atoms with Crippen LogP contribution in [0, 0.1) is 0 Å². The van der Waals surface area contributed by atoms with E-state index in [1.807, 2.05) is 19.1 Å². The van der Waals surface area contributed by atoms with Gasteiger partial charge < -0.3 is 9.47 Å². The van der Waals surface area contributed by atoms with E-state index in [4.69, 9.17) is 9.47 Å². The Morgan fingerprint density at radius 2 is 1.89 bits per heavy atom. The Labute approximate surface area is 109 Å². The zero-order chi connectivity index (χ0) is 13.2. The van der Waals surface area contributed by atoms with Gasteiger partial charge in [0.25, 0.3) is 0 Å². The van der Waals surface area contributed by atoms with E-state index in [1.54, 1.807) is 0 Å². The molecule has 0 bridgehead atoms. The van der Waals surface area contributed by atoms with Gasteiger partial charge in [-0.1, -0.05) is 25.5 Å². The molecule has 0 aliphatic rings. The summed E-state index contributed by atoms with van der Waals surface area (Å²) >= 11 is 0. The SMILES string of the molecule is CCCc1ccc(OCCCC(=O)OCC)cc1. The van der Waals surface area contributed by atoms with Crippen LogP contribution in [0.5, 0.6) is 5.75 Å². The van der Waals surface area contributed by atoms with Crippen molar-refractivity contribution in [2.75, 3.05) is 13.2 Å². The average Bonchev–Trinajstić information content (AvgIpc) is 2.37. The Morgan fingerprint density at radius 3 is 2.50 bits per heavy atom. The van der Waals surface area contributed by atoms with Gasteiger partial charge in [-0.3, -0.25) is 4.79 Å². The van der Waals surface area contributed by atoms with Gasteiger partial charge in [-0.15, -0.1) is 0 Å². The molecule has 1 rings (SSSR count). The molecule has 0 unspecified atom stereocenters. The maximum absolute atomic E-state index is 11.1. The van der Waals surface area contributed by atoms with E-state index in [0.717, 1.165) is 18.6 Å². The van der Waals surface area contributed by atoms with Gasteiger partial charge in [0.15, 0.2) is 0 Å². The molecule has 0 amide bonds. The van der Waals surface area contributed by atoms with E-state index in [-0.39, 0.29) is 5.97 Å². The van der Waals surface area contributed by atoms with Crippen LogP contribution in [0.15, 0.2) is 24.3 Å². The highest BCUT2D eigenvalue weighted by Crippen LogP contribution is 2.13. The first-order valence-electron chi connectivity index (χ1n) is 6.63. The lowest BCUT2D eigenvalue weighted by Gasteiger charge is -2.07. The van der Waals surface area contributed by atoms with Gasteiger partial charge in [-0.25, -0.2) is 0 Å². The minimum Gasteiger partial charge on any atom is -0.494 e. The largest absolute Gasteiger partial charge is 0.494 e. The highest BCUT2D eigenvalue weighted by atomic mass is 16.5. The molecule has 1 aromatic carbocycles. The van der Waals surface area contributed by atoms with Crippen LogP contribution in [0.25, 0.3) is 0 Å². The highest BCUT2D eigenvalue weighted by molar-refractivity contribution is 5.69. The second-order valence-corrected chi connectivity index (χ2v) is 4.15. The van der Waals surface area contributed by atoms with Crippen molar-refractivity contribution in [3.8, 4) is 5.75 Å². The Kier molecular flexibility index (Phi) is 6.92. The van der Waals surface area contributed by atoms with Gasteiger partial charge in [-0.2, -0.15) is 0 Å². The van der Waals surface area contributed by atoms with E-state index >= 15 is 0 Å². The summed E-state index contributed by atoms with van der Waals surface area (Å²) in [5, 5.41) is 0. The zero-order valence-electron chi connectivity index (χ0n) is 11.3. The van der Waals surface area contributed by atoms with Crippen LogP contribution in [-0.4, -0.2) is 19.2 Å². The van der Waals surface area contributed by atoms with Crippen molar-refractivity contribution in [2.45, 2.75) is 39.5 Å². The molecule has 0 radical (unpaired) electrons. The zero-order valence-corrected chi connectivity index (χ0v) is 11.3. The van der Waals surface area contributed by atoms with Crippen molar-refractivity contribution in [2.24, 2.45) is 0 Å². The predicted molar refractivity (Wildman–Crippen MR) is 71.8 cm³/mol. The van der Waals surface area contributed by atoms with Gasteiger partial charge in [0.1, 0.15) is 5.75 Å². The van der Waals surface area contributed by atoms with Crippen molar-refractivity contribution >= 4 is 5.97 Å². The van der Waals surface area contributed by atoms with Crippen molar-refractivity contribution in [1.82, 2.24) is 0 Å². The van der Waals surface area contributed by atoms with Gasteiger partial charge in [0.2, 0.25) is 0 Å². The van der Waals surface area contributed by atoms with E-state index in [2.05, 4.69) is 19.1 Å². The lowest BCUT2D eigenvalue weighted by molar-refractivity contribution is -0.143. The average molecular weight is 250 g/mol. The van der Waals surface area contributed by atoms with Crippen molar-refractivity contribution < 1.29 is 14.3 Å². The molecule has 0 aromatic heterocycles. The smallest absolute Gasteiger partial charge is 0.305 e. The Morgan fingerprint density at radius 1 is 1.17 bits per heavy atom. The molecule has 18 heavy (non-hydrogen) atoms. The summed E-state index contributed by atoms with van der Waals surface area (Å²) in [6.07, 6.45) is 3.36. The fourth-order valence-corrected chi connectivity index (χ4v) is 1.68. The summed E-state index contributed by atoms with van der Waals surface area (Å²) in [7, 11) is 0. The fourth-order valence-electron chi connectivity index (χ4n) is 1.68. The Balaban J connectivity index is 2.21. The Bertz CT molecular complexity index is 343. The summed E-state index contributed by atoms with van der Waals surface area (Å²) in [6, 6.07) is 8.14. The molecular weight excluding hydrogens is 228 g/mol. The molecule has 1 aromatic rings. The van der Waals surface area contributed by atoms with Crippen molar-refractivity contribution in [3.05, 3.63) is 29.8 Å².